The van der Waals surface area contributed by atoms with Crippen molar-refractivity contribution in [3.05, 3.63) is 41.0 Å². The Balaban J connectivity index is 2.20. The number of nitrogens with zero attached hydrogens (tertiary/aromatic N) is 1. The van der Waals surface area contributed by atoms with E-state index in [1.54, 1.807) is 6.07 Å². The number of nitrogens with one attached hydrogen (secondary N) is 1. The molecule has 0 spiro atoms. The second kappa shape index (κ2) is 4.19. The summed E-state index contributed by atoms with van der Waals surface area (Å²) in [6.07, 6.45) is 0. The van der Waals surface area contributed by atoms with Gasteiger partial charge in [-0.15, -0.1) is 0 Å². The van der Waals surface area contributed by atoms with Gasteiger partial charge < -0.3 is 14.6 Å². The number of hydrogen-bond acceptors (Lipinski definition) is 3. The molecule has 0 saturated heterocycles. The molecule has 2 aromatic heterocycles. The zero-order valence-corrected chi connectivity index (χ0v) is 10.8. The van der Waals surface area contributed by atoms with Crippen LogP contribution in [-0.2, 0) is 0 Å². The Morgan fingerprint density at radius 1 is 1.35 bits per heavy atom. The average molecular weight is 274 g/mol. The Hall–Kier alpha value is -2.63. The molecule has 0 saturated carbocycles. The van der Waals surface area contributed by atoms with Crippen molar-refractivity contribution < 1.29 is 18.8 Å². The second-order valence-electron chi connectivity index (χ2n) is 4.64. The third kappa shape index (κ3) is 1.77. The first-order valence-corrected chi connectivity index (χ1v) is 5.96. The maximum Gasteiger partial charge on any atom is 0.358 e. The van der Waals surface area contributed by atoms with Crippen LogP contribution < -0.4 is 0 Å². The van der Waals surface area contributed by atoms with E-state index in [-0.39, 0.29) is 11.5 Å². The Kier molecular flexibility index (Phi) is 2.60. The number of hydrogen-bond donors (Lipinski definition) is 2. The lowest BCUT2D eigenvalue weighted by molar-refractivity contribution is 0.0686. The predicted octanol–water partition coefficient (Wildman–Crippen LogP) is 3.28. The Labute approximate surface area is 113 Å². The zero-order chi connectivity index (χ0) is 14.4. The lowest BCUT2D eigenvalue weighted by Crippen LogP contribution is -1.94. The number of H-pyrrole nitrogens is 1. The van der Waals surface area contributed by atoms with Crippen molar-refractivity contribution in [3.8, 4) is 11.3 Å². The molecule has 0 aliphatic carbocycles. The molecule has 0 bridgehead atoms. The van der Waals surface area contributed by atoms with Crippen molar-refractivity contribution in [2.24, 2.45) is 0 Å². The number of carboxylic acids is 1. The molecule has 1 aromatic carbocycles. The van der Waals surface area contributed by atoms with Gasteiger partial charge in [-0.1, -0.05) is 5.16 Å². The van der Waals surface area contributed by atoms with Gasteiger partial charge >= 0.3 is 5.97 Å². The molecule has 0 atom stereocenters. The Morgan fingerprint density at radius 3 is 2.75 bits per heavy atom. The molecule has 3 aromatic rings. The number of aromatic amines is 1. The largest absolute Gasteiger partial charge is 0.476 e. The number of carboxylic acid groups (broad SMARTS) is 1. The summed E-state index contributed by atoms with van der Waals surface area (Å²) in [6, 6.07) is 4.32. The molecule has 0 unspecified atom stereocenters. The van der Waals surface area contributed by atoms with Gasteiger partial charge in [0.1, 0.15) is 5.82 Å². The molecule has 2 heterocycles. The smallest absolute Gasteiger partial charge is 0.358 e. The van der Waals surface area contributed by atoms with Gasteiger partial charge in [0, 0.05) is 22.7 Å². The van der Waals surface area contributed by atoms with Crippen molar-refractivity contribution in [1.82, 2.24) is 10.1 Å². The number of halogens is 1. The van der Waals surface area contributed by atoms with E-state index in [1.807, 2.05) is 13.8 Å². The highest BCUT2D eigenvalue weighted by molar-refractivity contribution is 5.90. The van der Waals surface area contributed by atoms with Crippen LogP contribution in [-0.4, -0.2) is 21.2 Å². The normalized spacial score (nSPS) is 11.2. The highest BCUT2D eigenvalue weighted by Crippen LogP contribution is 2.30. The summed E-state index contributed by atoms with van der Waals surface area (Å²) >= 11 is 0. The van der Waals surface area contributed by atoms with Crippen LogP contribution in [0.1, 0.15) is 21.7 Å². The van der Waals surface area contributed by atoms with Crippen molar-refractivity contribution in [1.29, 1.82) is 0 Å². The molecule has 5 nitrogen and oxygen atoms in total. The average Bonchev–Trinajstić information content (AvgIpc) is 2.98. The van der Waals surface area contributed by atoms with Gasteiger partial charge in [0.15, 0.2) is 11.5 Å². The van der Waals surface area contributed by atoms with Crippen LogP contribution in [0.25, 0.3) is 22.2 Å². The van der Waals surface area contributed by atoms with Crippen molar-refractivity contribution in [2.45, 2.75) is 13.8 Å². The monoisotopic (exact) mass is 274 g/mol. The number of rotatable bonds is 2. The molecular weight excluding hydrogens is 263 g/mol. The number of benzene rings is 1. The lowest BCUT2D eigenvalue weighted by atomic mass is 10.1. The number of aromatic nitrogens is 2. The summed E-state index contributed by atoms with van der Waals surface area (Å²) in [5.41, 5.74) is 2.51. The molecule has 102 valence electrons. The fraction of sp³-hybridized carbons (Fsp3) is 0.143. The van der Waals surface area contributed by atoms with Crippen LogP contribution in [0, 0.1) is 19.7 Å². The molecule has 0 amide bonds. The van der Waals surface area contributed by atoms with E-state index in [0.29, 0.717) is 11.1 Å². The van der Waals surface area contributed by atoms with Crippen LogP contribution in [0.5, 0.6) is 0 Å². The van der Waals surface area contributed by atoms with E-state index in [9.17, 15) is 9.18 Å². The highest BCUT2D eigenvalue weighted by Gasteiger charge is 2.16. The molecule has 2 N–H and O–H groups in total. The first-order chi connectivity index (χ1) is 9.47. The molecular formula is C14H11FN2O3. The number of fused-ring (bicyclic) bond motifs is 1. The highest BCUT2D eigenvalue weighted by atomic mass is 19.1. The first-order valence-electron chi connectivity index (χ1n) is 5.96. The third-order valence-electron chi connectivity index (χ3n) is 3.38. The van der Waals surface area contributed by atoms with Gasteiger partial charge in [0.25, 0.3) is 0 Å². The standard InChI is InChI=1S/C14H11FN2O3/c1-6-7(2)16-13-9(6)3-8(4-10(13)15)12-5-11(14(18)19)17-20-12/h3-5,16H,1-2H3,(H,18,19). The van der Waals surface area contributed by atoms with Crippen LogP contribution in [0.2, 0.25) is 0 Å². The molecule has 20 heavy (non-hydrogen) atoms. The lowest BCUT2D eigenvalue weighted by Gasteiger charge is -1.99. The molecule has 0 radical (unpaired) electrons. The van der Waals surface area contributed by atoms with Crippen LogP contribution in [0.15, 0.2) is 22.7 Å². The Morgan fingerprint density at radius 2 is 2.10 bits per heavy atom. The number of aryl methyl sites for hydroxylation is 2. The van der Waals surface area contributed by atoms with Gasteiger partial charge in [-0.25, -0.2) is 9.18 Å². The van der Waals surface area contributed by atoms with Crippen molar-refractivity contribution >= 4 is 16.9 Å². The van der Waals surface area contributed by atoms with Gasteiger partial charge in [0.2, 0.25) is 0 Å². The van der Waals surface area contributed by atoms with E-state index in [4.69, 9.17) is 9.63 Å². The van der Waals surface area contributed by atoms with Crippen LogP contribution in [0.4, 0.5) is 4.39 Å². The van der Waals surface area contributed by atoms with Crippen LogP contribution in [0.3, 0.4) is 0 Å². The maximum absolute atomic E-state index is 14.1. The number of carbonyl (C=O) groups is 1. The molecule has 0 aliphatic rings. The molecule has 6 heteroatoms. The number of aromatic carboxylic acids is 1. The summed E-state index contributed by atoms with van der Waals surface area (Å²) < 4.78 is 19.0. The zero-order valence-electron chi connectivity index (χ0n) is 10.8. The third-order valence-corrected chi connectivity index (χ3v) is 3.38. The summed E-state index contributed by atoms with van der Waals surface area (Å²) in [7, 11) is 0. The van der Waals surface area contributed by atoms with E-state index >= 15 is 0 Å². The molecule has 0 fully saturated rings. The first kappa shape index (κ1) is 12.4. The minimum Gasteiger partial charge on any atom is -0.476 e. The van der Waals surface area contributed by atoms with E-state index in [0.717, 1.165) is 16.6 Å². The van der Waals surface area contributed by atoms with Crippen molar-refractivity contribution in [3.63, 3.8) is 0 Å². The fourth-order valence-electron chi connectivity index (χ4n) is 2.17. The summed E-state index contributed by atoms with van der Waals surface area (Å²) in [5, 5.41) is 13.0. The Bertz CT molecular complexity index is 832. The van der Waals surface area contributed by atoms with Crippen LogP contribution >= 0.6 is 0 Å². The maximum atomic E-state index is 14.1. The SMILES string of the molecule is Cc1[nH]c2c(F)cc(-c3cc(C(=O)O)no3)cc2c1C. The minimum absolute atomic E-state index is 0.206. The predicted molar refractivity (Wildman–Crippen MR) is 70.2 cm³/mol. The van der Waals surface area contributed by atoms with E-state index in [1.165, 1.54) is 12.1 Å². The van der Waals surface area contributed by atoms with E-state index in [2.05, 4.69) is 10.1 Å². The van der Waals surface area contributed by atoms with Gasteiger partial charge in [-0.2, -0.15) is 0 Å². The second-order valence-corrected chi connectivity index (χ2v) is 4.64. The van der Waals surface area contributed by atoms with E-state index < -0.39 is 11.8 Å². The van der Waals surface area contributed by atoms with Gasteiger partial charge in [-0.05, 0) is 31.5 Å². The summed E-state index contributed by atoms with van der Waals surface area (Å²) in [4.78, 5) is 13.8. The van der Waals surface area contributed by atoms with Gasteiger partial charge in [0.05, 0.1) is 5.52 Å². The fourth-order valence-corrected chi connectivity index (χ4v) is 2.17. The van der Waals surface area contributed by atoms with Crippen molar-refractivity contribution in [2.75, 3.05) is 0 Å². The molecule has 3 rings (SSSR count). The minimum atomic E-state index is -1.18. The summed E-state index contributed by atoms with van der Waals surface area (Å²) in [5.74, 6) is -1.38. The topological polar surface area (TPSA) is 79.1 Å². The summed E-state index contributed by atoms with van der Waals surface area (Å²) in [6.45, 7) is 3.76. The van der Waals surface area contributed by atoms with Gasteiger partial charge in [-0.3, -0.25) is 0 Å². The quantitative estimate of drug-likeness (QED) is 0.751. The molecule has 0 aliphatic heterocycles.